The highest BCUT2D eigenvalue weighted by molar-refractivity contribution is 7.83. The molecule has 4 nitrogen and oxygen atoms in total. The Morgan fingerprint density at radius 1 is 1.50 bits per heavy atom. The molecule has 0 saturated heterocycles. The Kier molecular flexibility index (Phi) is 4.68. The molecule has 0 amide bonds. The topological polar surface area (TPSA) is 54.9 Å². The molecule has 0 saturated carbocycles. The zero-order valence-electron chi connectivity index (χ0n) is 9.72. The van der Waals surface area contributed by atoms with Crippen LogP contribution < -0.4 is 5.32 Å². The molecule has 0 bridgehead atoms. The summed E-state index contributed by atoms with van der Waals surface area (Å²) in [6, 6.07) is 5.62. The van der Waals surface area contributed by atoms with Crippen molar-refractivity contribution < 1.29 is 4.21 Å². The first-order valence-corrected chi connectivity index (χ1v) is 8.17. The van der Waals surface area contributed by atoms with Crippen LogP contribution in [0.25, 0.3) is 0 Å². The third-order valence-electron chi connectivity index (χ3n) is 2.28. The van der Waals surface area contributed by atoms with Gasteiger partial charge in [0.15, 0.2) is 0 Å². The summed E-state index contributed by atoms with van der Waals surface area (Å²) in [5.41, 5.74) is 2.72. The lowest BCUT2D eigenvalue weighted by Crippen LogP contribution is -2.01. The van der Waals surface area contributed by atoms with Crippen molar-refractivity contribution in [1.82, 2.24) is 9.59 Å². The average Bonchev–Trinajstić information content (AvgIpc) is 2.82. The van der Waals surface area contributed by atoms with Gasteiger partial charge in [0.25, 0.3) is 0 Å². The molecular formula is C11H12ClN3OS2. The second-order valence-corrected chi connectivity index (χ2v) is 6.23. The van der Waals surface area contributed by atoms with Crippen molar-refractivity contribution in [1.29, 1.82) is 0 Å². The molecule has 1 N–H and O–H groups in total. The Labute approximate surface area is 117 Å². The molecule has 1 unspecified atom stereocenters. The highest BCUT2D eigenvalue weighted by atomic mass is 35.5. The van der Waals surface area contributed by atoms with Crippen molar-refractivity contribution in [3.8, 4) is 0 Å². The maximum absolute atomic E-state index is 11.2. The summed E-state index contributed by atoms with van der Waals surface area (Å²) in [7, 11) is -0.901. The molecule has 0 radical (unpaired) electrons. The minimum absolute atomic E-state index is 0.465. The van der Waals surface area contributed by atoms with Crippen LogP contribution in [0.3, 0.4) is 0 Å². The van der Waals surface area contributed by atoms with Crippen molar-refractivity contribution in [2.24, 2.45) is 0 Å². The number of hydrogen-bond donors (Lipinski definition) is 1. The van der Waals surface area contributed by atoms with Gasteiger partial charge in [0.05, 0.1) is 12.2 Å². The van der Waals surface area contributed by atoms with Gasteiger partial charge >= 0.3 is 0 Å². The zero-order valence-corrected chi connectivity index (χ0v) is 12.1. The lowest BCUT2D eigenvalue weighted by Gasteiger charge is -2.08. The molecule has 1 heterocycles. The van der Waals surface area contributed by atoms with Gasteiger partial charge in [0.1, 0.15) is 0 Å². The molecule has 0 spiro atoms. The molecule has 1 aromatic heterocycles. The number of aromatic nitrogens is 2. The van der Waals surface area contributed by atoms with E-state index in [9.17, 15) is 4.21 Å². The number of nitrogens with one attached hydrogen (secondary N) is 1. The fourth-order valence-electron chi connectivity index (χ4n) is 1.47. The normalized spacial score (nSPS) is 12.3. The molecule has 0 aliphatic rings. The maximum Gasteiger partial charge on any atom is 0.0946 e. The van der Waals surface area contributed by atoms with Crippen molar-refractivity contribution in [2.45, 2.75) is 12.3 Å². The van der Waals surface area contributed by atoms with Crippen LogP contribution in [0.2, 0.25) is 5.02 Å². The molecule has 1 atom stereocenters. The van der Waals surface area contributed by atoms with Gasteiger partial charge in [-0.05, 0) is 35.3 Å². The van der Waals surface area contributed by atoms with E-state index in [2.05, 4.69) is 14.9 Å². The zero-order chi connectivity index (χ0) is 13.0. The van der Waals surface area contributed by atoms with Gasteiger partial charge in [-0.2, -0.15) is 0 Å². The summed E-state index contributed by atoms with van der Waals surface area (Å²) in [6.07, 6.45) is 1.66. The standard InChI is InChI=1S/C11H12ClN3OS2/c1-18(16)7-8-4-9(2-3-11(8)12)13-5-10-6-17-15-14-10/h2-4,6,13H,5,7H2,1H3. The lowest BCUT2D eigenvalue weighted by atomic mass is 10.2. The van der Waals surface area contributed by atoms with Crippen LogP contribution in [0.4, 0.5) is 5.69 Å². The van der Waals surface area contributed by atoms with E-state index in [0.717, 1.165) is 16.9 Å². The van der Waals surface area contributed by atoms with Crippen LogP contribution >= 0.6 is 23.1 Å². The van der Waals surface area contributed by atoms with Gasteiger partial charge in [-0.25, -0.2) is 0 Å². The first kappa shape index (κ1) is 13.5. The minimum atomic E-state index is -0.901. The van der Waals surface area contributed by atoms with Crippen molar-refractivity contribution in [3.05, 3.63) is 39.9 Å². The van der Waals surface area contributed by atoms with E-state index in [-0.39, 0.29) is 0 Å². The van der Waals surface area contributed by atoms with Crippen LogP contribution in [0, 0.1) is 0 Å². The van der Waals surface area contributed by atoms with Crippen LogP contribution in [-0.2, 0) is 23.1 Å². The van der Waals surface area contributed by atoms with Crippen LogP contribution in [0.1, 0.15) is 11.3 Å². The smallest absolute Gasteiger partial charge is 0.0946 e. The van der Waals surface area contributed by atoms with Crippen LogP contribution in [0.5, 0.6) is 0 Å². The molecular weight excluding hydrogens is 290 g/mol. The Morgan fingerprint density at radius 3 is 3.00 bits per heavy atom. The quantitative estimate of drug-likeness (QED) is 0.922. The Hall–Kier alpha value is -0.980. The second-order valence-electron chi connectivity index (χ2n) is 3.77. The van der Waals surface area contributed by atoms with E-state index in [1.54, 1.807) is 6.26 Å². The fraction of sp³-hybridized carbons (Fsp3) is 0.273. The SMILES string of the molecule is CS(=O)Cc1cc(NCc2csnn2)ccc1Cl. The summed E-state index contributed by atoms with van der Waals surface area (Å²) in [5, 5.41) is 9.72. The number of benzene rings is 1. The summed E-state index contributed by atoms with van der Waals surface area (Å²) >= 11 is 7.38. The number of nitrogens with zero attached hydrogens (tertiary/aromatic N) is 2. The highest BCUT2D eigenvalue weighted by Gasteiger charge is 2.04. The maximum atomic E-state index is 11.2. The fourth-order valence-corrected chi connectivity index (χ4v) is 2.86. The van der Waals surface area contributed by atoms with Crippen LogP contribution in [-0.4, -0.2) is 20.1 Å². The molecule has 1 aromatic carbocycles. The first-order chi connectivity index (χ1) is 8.65. The van der Waals surface area contributed by atoms with Gasteiger partial charge in [-0.15, -0.1) is 5.10 Å². The van der Waals surface area contributed by atoms with Gasteiger partial charge in [0, 0.05) is 38.9 Å². The van der Waals surface area contributed by atoms with Crippen molar-refractivity contribution >= 4 is 39.6 Å². The lowest BCUT2D eigenvalue weighted by molar-refractivity contribution is 0.686. The van der Waals surface area contributed by atoms with Gasteiger partial charge in [-0.1, -0.05) is 16.1 Å². The Bertz CT molecular complexity index is 545. The first-order valence-electron chi connectivity index (χ1n) is 5.23. The van der Waals surface area contributed by atoms with Crippen molar-refractivity contribution in [2.75, 3.05) is 11.6 Å². The summed E-state index contributed by atoms with van der Waals surface area (Å²) in [5.74, 6) is 0.465. The third kappa shape index (κ3) is 3.76. The van der Waals surface area contributed by atoms with Gasteiger partial charge < -0.3 is 5.32 Å². The highest BCUT2D eigenvalue weighted by Crippen LogP contribution is 2.22. The van der Waals surface area contributed by atoms with E-state index in [4.69, 9.17) is 11.6 Å². The van der Waals surface area contributed by atoms with E-state index < -0.39 is 10.8 Å². The van der Waals surface area contributed by atoms with Crippen LogP contribution in [0.15, 0.2) is 23.6 Å². The molecule has 0 fully saturated rings. The second kappa shape index (κ2) is 6.26. The minimum Gasteiger partial charge on any atom is -0.379 e. The predicted octanol–water partition coefficient (Wildman–Crippen LogP) is 2.68. The largest absolute Gasteiger partial charge is 0.379 e. The molecule has 2 aromatic rings. The molecule has 0 aliphatic carbocycles. The molecule has 2 rings (SSSR count). The predicted molar refractivity (Wildman–Crippen MR) is 76.5 cm³/mol. The van der Waals surface area contributed by atoms with Crippen molar-refractivity contribution in [3.63, 3.8) is 0 Å². The van der Waals surface area contributed by atoms with E-state index in [1.165, 1.54) is 11.5 Å². The molecule has 7 heteroatoms. The van der Waals surface area contributed by atoms with E-state index in [1.807, 2.05) is 23.6 Å². The van der Waals surface area contributed by atoms with Gasteiger partial charge in [0.2, 0.25) is 0 Å². The number of hydrogen-bond acceptors (Lipinski definition) is 5. The molecule has 18 heavy (non-hydrogen) atoms. The monoisotopic (exact) mass is 301 g/mol. The van der Waals surface area contributed by atoms with E-state index >= 15 is 0 Å². The molecule has 0 aliphatic heterocycles. The summed E-state index contributed by atoms with van der Waals surface area (Å²) in [6.45, 7) is 0.618. The van der Waals surface area contributed by atoms with Gasteiger partial charge in [-0.3, -0.25) is 4.21 Å². The average molecular weight is 302 g/mol. The summed E-state index contributed by atoms with van der Waals surface area (Å²) in [4.78, 5) is 0. The van der Waals surface area contributed by atoms with E-state index in [0.29, 0.717) is 17.3 Å². The third-order valence-corrected chi connectivity index (χ3v) is 3.92. The molecule has 96 valence electrons. The number of anilines is 1. The Balaban J connectivity index is 2.06. The Morgan fingerprint density at radius 2 is 2.33 bits per heavy atom. The number of halogens is 1. The summed E-state index contributed by atoms with van der Waals surface area (Å²) < 4.78 is 15.0. The number of rotatable bonds is 5.